The van der Waals surface area contributed by atoms with E-state index in [1.54, 1.807) is 22.8 Å². The highest BCUT2D eigenvalue weighted by Crippen LogP contribution is 2.40. The fraction of sp³-hybridized carbons (Fsp3) is 0.280. The highest BCUT2D eigenvalue weighted by molar-refractivity contribution is 6.10. The van der Waals surface area contributed by atoms with Crippen molar-refractivity contribution in [3.05, 3.63) is 78.1 Å². The molecule has 0 spiro atoms. The third-order valence-corrected chi connectivity index (χ3v) is 6.14. The fourth-order valence-electron chi connectivity index (χ4n) is 4.27. The van der Waals surface area contributed by atoms with E-state index < -0.39 is 5.41 Å². The van der Waals surface area contributed by atoms with Gasteiger partial charge in [-0.3, -0.25) is 24.0 Å². The Hall–Kier alpha value is -3.74. The van der Waals surface area contributed by atoms with Crippen molar-refractivity contribution in [2.75, 3.05) is 14.1 Å². The van der Waals surface area contributed by atoms with E-state index in [4.69, 9.17) is 0 Å². The van der Waals surface area contributed by atoms with Crippen LogP contribution in [0.5, 0.6) is 0 Å². The van der Waals surface area contributed by atoms with Crippen LogP contribution in [0.2, 0.25) is 0 Å². The van der Waals surface area contributed by atoms with Gasteiger partial charge in [-0.25, -0.2) is 0 Å². The minimum absolute atomic E-state index is 0.0144. The zero-order valence-electron chi connectivity index (χ0n) is 18.5. The lowest BCUT2D eigenvalue weighted by molar-refractivity contribution is -0.141. The van der Waals surface area contributed by atoms with Crippen LogP contribution < -0.4 is 0 Å². The number of imide groups is 1. The average Bonchev–Trinajstić information content (AvgIpc) is 3.30. The Morgan fingerprint density at radius 3 is 2.25 bits per heavy atom. The molecular weight excluding hydrogens is 404 g/mol. The maximum absolute atomic E-state index is 13.2. The van der Waals surface area contributed by atoms with Gasteiger partial charge in [0, 0.05) is 52.3 Å². The molecule has 0 aliphatic carbocycles. The zero-order chi connectivity index (χ0) is 22.9. The van der Waals surface area contributed by atoms with E-state index in [-0.39, 0.29) is 30.6 Å². The summed E-state index contributed by atoms with van der Waals surface area (Å²) in [5, 5.41) is 4.13. The largest absolute Gasteiger partial charge is 0.341 e. The molecule has 1 aliphatic heterocycles. The molecule has 2 aromatic carbocycles. The molecule has 3 amide bonds. The van der Waals surface area contributed by atoms with E-state index in [9.17, 15) is 14.4 Å². The summed E-state index contributed by atoms with van der Waals surface area (Å²) >= 11 is 0. The maximum atomic E-state index is 13.2. The molecule has 0 unspecified atom stereocenters. The number of nitrogens with zero attached hydrogens (tertiary/aromatic N) is 4. The third-order valence-electron chi connectivity index (χ3n) is 6.14. The van der Waals surface area contributed by atoms with Gasteiger partial charge in [0.15, 0.2) is 0 Å². The number of aryl methyl sites for hydroxylation is 1. The van der Waals surface area contributed by atoms with Crippen LogP contribution in [0.25, 0.3) is 11.1 Å². The fourth-order valence-corrected chi connectivity index (χ4v) is 4.27. The number of hydrogen-bond acceptors (Lipinski definition) is 4. The summed E-state index contributed by atoms with van der Waals surface area (Å²) in [5.41, 5.74) is 2.46. The van der Waals surface area contributed by atoms with E-state index in [1.165, 1.54) is 7.05 Å². The summed E-state index contributed by atoms with van der Waals surface area (Å²) in [7, 11) is 5.00. The lowest BCUT2D eigenvalue weighted by Crippen LogP contribution is -2.41. The molecule has 2 heterocycles. The molecule has 164 valence electrons. The monoisotopic (exact) mass is 430 g/mol. The predicted octanol–water partition coefficient (Wildman–Crippen LogP) is 2.76. The zero-order valence-corrected chi connectivity index (χ0v) is 18.5. The Labute approximate surface area is 187 Å². The first-order valence-corrected chi connectivity index (χ1v) is 10.5. The number of likely N-dealkylation sites (N-methyl/N-ethyl adjacent to an activating group) is 1. The minimum Gasteiger partial charge on any atom is -0.341 e. The van der Waals surface area contributed by atoms with Gasteiger partial charge in [0.25, 0.3) is 0 Å². The number of carbonyl (C=O) groups is 3. The van der Waals surface area contributed by atoms with Crippen LogP contribution in [0.4, 0.5) is 0 Å². The van der Waals surface area contributed by atoms with Gasteiger partial charge in [-0.1, -0.05) is 54.6 Å². The van der Waals surface area contributed by atoms with E-state index in [0.29, 0.717) is 12.1 Å². The Kier molecular flexibility index (Phi) is 5.65. The van der Waals surface area contributed by atoms with Gasteiger partial charge in [-0.15, -0.1) is 0 Å². The maximum Gasteiger partial charge on any atom is 0.240 e. The number of aromatic nitrogens is 2. The van der Waals surface area contributed by atoms with E-state index in [2.05, 4.69) is 5.10 Å². The Morgan fingerprint density at radius 1 is 1.03 bits per heavy atom. The summed E-state index contributed by atoms with van der Waals surface area (Å²) in [6.07, 6.45) is 3.47. The molecule has 0 saturated carbocycles. The van der Waals surface area contributed by atoms with Crippen LogP contribution in [-0.4, -0.2) is 51.4 Å². The minimum atomic E-state index is -1.19. The highest BCUT2D eigenvalue weighted by Gasteiger charge is 2.52. The number of rotatable bonds is 6. The Balaban J connectivity index is 1.62. The SMILES string of the molecule is CN(Cc1cnn(C)c1)C(=O)C[C@@]1(c2ccc(-c3ccccc3)cc2)CC(=O)N(C)C1=O. The van der Waals surface area contributed by atoms with Gasteiger partial charge < -0.3 is 4.90 Å². The molecule has 0 N–H and O–H groups in total. The predicted molar refractivity (Wildman–Crippen MR) is 120 cm³/mol. The summed E-state index contributed by atoms with van der Waals surface area (Å²) in [6.45, 7) is 0.383. The lowest BCUT2D eigenvalue weighted by Gasteiger charge is -2.29. The molecule has 0 bridgehead atoms. The van der Waals surface area contributed by atoms with E-state index in [0.717, 1.165) is 21.6 Å². The molecule has 4 rings (SSSR count). The molecule has 0 radical (unpaired) electrons. The molecule has 1 aromatic heterocycles. The first-order valence-electron chi connectivity index (χ1n) is 10.5. The van der Waals surface area contributed by atoms with Crippen molar-refractivity contribution in [3.8, 4) is 11.1 Å². The summed E-state index contributed by atoms with van der Waals surface area (Å²) in [6, 6.07) is 17.5. The summed E-state index contributed by atoms with van der Waals surface area (Å²) < 4.78 is 1.68. The molecular formula is C25H26N4O3. The molecule has 3 aromatic rings. The van der Waals surface area contributed by atoms with Gasteiger partial charge in [-0.2, -0.15) is 5.10 Å². The first kappa shape index (κ1) is 21.5. The van der Waals surface area contributed by atoms with Crippen molar-refractivity contribution in [1.82, 2.24) is 19.6 Å². The summed E-state index contributed by atoms with van der Waals surface area (Å²) in [5.74, 6) is -0.805. The van der Waals surface area contributed by atoms with Gasteiger partial charge in [0.2, 0.25) is 17.7 Å². The number of likely N-dealkylation sites (tertiary alicyclic amines) is 1. The second kappa shape index (κ2) is 8.42. The van der Waals surface area contributed by atoms with Crippen LogP contribution in [0.15, 0.2) is 67.0 Å². The van der Waals surface area contributed by atoms with E-state index >= 15 is 0 Å². The van der Waals surface area contributed by atoms with Crippen LogP contribution in [0, 0.1) is 0 Å². The quantitative estimate of drug-likeness (QED) is 0.564. The average molecular weight is 431 g/mol. The molecule has 1 fully saturated rings. The van der Waals surface area contributed by atoms with Crippen molar-refractivity contribution in [3.63, 3.8) is 0 Å². The van der Waals surface area contributed by atoms with Gasteiger partial charge in [0.05, 0.1) is 11.6 Å². The van der Waals surface area contributed by atoms with Crippen LogP contribution in [0.3, 0.4) is 0 Å². The highest BCUT2D eigenvalue weighted by atomic mass is 16.2. The van der Waals surface area contributed by atoms with E-state index in [1.807, 2.05) is 67.8 Å². The van der Waals surface area contributed by atoms with Crippen molar-refractivity contribution in [1.29, 1.82) is 0 Å². The van der Waals surface area contributed by atoms with Crippen molar-refractivity contribution in [2.45, 2.75) is 24.8 Å². The van der Waals surface area contributed by atoms with Crippen LogP contribution in [0.1, 0.15) is 24.0 Å². The number of carbonyl (C=O) groups excluding carboxylic acids is 3. The topological polar surface area (TPSA) is 75.5 Å². The van der Waals surface area contributed by atoms with Crippen LogP contribution >= 0.6 is 0 Å². The second-order valence-electron chi connectivity index (χ2n) is 8.41. The molecule has 32 heavy (non-hydrogen) atoms. The normalized spacial score (nSPS) is 18.3. The van der Waals surface area contributed by atoms with Crippen molar-refractivity contribution in [2.24, 2.45) is 7.05 Å². The second-order valence-corrected chi connectivity index (χ2v) is 8.41. The number of benzene rings is 2. The van der Waals surface area contributed by atoms with Crippen molar-refractivity contribution < 1.29 is 14.4 Å². The molecule has 1 atom stereocenters. The van der Waals surface area contributed by atoms with Gasteiger partial charge >= 0.3 is 0 Å². The Morgan fingerprint density at radius 2 is 1.69 bits per heavy atom. The smallest absolute Gasteiger partial charge is 0.240 e. The molecule has 7 heteroatoms. The lowest BCUT2D eigenvalue weighted by atomic mass is 9.75. The van der Waals surface area contributed by atoms with Crippen LogP contribution in [-0.2, 0) is 33.4 Å². The first-order chi connectivity index (χ1) is 15.3. The summed E-state index contributed by atoms with van der Waals surface area (Å²) in [4.78, 5) is 41.6. The standard InChI is InChI=1S/C25H26N4O3/c1-27(16-18-15-26-28(2)17-18)22(30)13-25(14-23(31)29(3)24(25)32)21-11-9-20(10-12-21)19-7-5-4-6-8-19/h4-12,15,17H,13-14,16H2,1-3H3/t25-/m0/s1. The third kappa shape index (κ3) is 3.93. The molecule has 7 nitrogen and oxygen atoms in total. The van der Waals surface area contributed by atoms with Crippen molar-refractivity contribution >= 4 is 17.7 Å². The number of hydrogen-bond donors (Lipinski definition) is 0. The van der Waals surface area contributed by atoms with Gasteiger partial charge in [-0.05, 0) is 16.7 Å². The molecule has 1 aliphatic rings. The molecule has 1 saturated heterocycles. The Bertz CT molecular complexity index is 1150. The number of amides is 3. The van der Waals surface area contributed by atoms with Gasteiger partial charge in [0.1, 0.15) is 0 Å².